The van der Waals surface area contributed by atoms with E-state index in [2.05, 4.69) is 28.7 Å². The van der Waals surface area contributed by atoms with E-state index < -0.39 is 0 Å². The second-order valence-electron chi connectivity index (χ2n) is 7.41. The van der Waals surface area contributed by atoms with Gasteiger partial charge in [0.15, 0.2) is 5.82 Å². The van der Waals surface area contributed by atoms with Crippen molar-refractivity contribution in [2.45, 2.75) is 38.7 Å². The normalized spacial score (nSPS) is 12.2. The number of allylic oxidation sites excluding steroid dienone is 2. The van der Waals surface area contributed by atoms with E-state index in [0.29, 0.717) is 23.4 Å². The molecule has 0 aliphatic heterocycles. The van der Waals surface area contributed by atoms with Crippen LogP contribution in [0.25, 0.3) is 28.6 Å². The highest BCUT2D eigenvalue weighted by molar-refractivity contribution is 5.65. The van der Waals surface area contributed by atoms with E-state index in [1.807, 2.05) is 37.3 Å². The number of unbranched alkanes of at least 4 members (excludes halogenated alkanes) is 1. The topological polar surface area (TPSA) is 46.0 Å². The molecule has 3 rings (SSSR count). The molecule has 4 heteroatoms. The summed E-state index contributed by atoms with van der Waals surface area (Å²) in [4.78, 5) is 8.84. The van der Waals surface area contributed by atoms with Gasteiger partial charge < -0.3 is 5.11 Å². The Labute approximate surface area is 177 Å². The summed E-state index contributed by atoms with van der Waals surface area (Å²) in [6.07, 6.45) is 12.4. The van der Waals surface area contributed by atoms with Crippen molar-refractivity contribution in [3.8, 4) is 22.5 Å². The van der Waals surface area contributed by atoms with Gasteiger partial charge in [0.25, 0.3) is 0 Å². The number of benzene rings is 2. The molecule has 0 spiro atoms. The van der Waals surface area contributed by atoms with Gasteiger partial charge in [-0.15, -0.1) is 6.58 Å². The van der Waals surface area contributed by atoms with Crippen molar-refractivity contribution in [1.29, 1.82) is 0 Å². The molecule has 1 heterocycles. The smallest absolute Gasteiger partial charge is 0.159 e. The van der Waals surface area contributed by atoms with Gasteiger partial charge in [-0.2, -0.15) is 0 Å². The SMILES string of the molecule is C=CCc1ccc(-c2cnc(-c3ccc(/C=C/CCCC(C)O)cc3)nc2)c(F)c1. The maximum Gasteiger partial charge on any atom is 0.159 e. The van der Waals surface area contributed by atoms with Crippen LogP contribution >= 0.6 is 0 Å². The standard InChI is InChI=1S/C26H27FN2O/c1-3-7-21-12-15-24(25(27)16-21)23-17-28-26(29-18-23)22-13-10-20(11-14-22)9-6-4-5-8-19(2)30/h3,6,9-19,30H,1,4-5,7-8H2,2H3/b9-6+. The fourth-order valence-corrected chi connectivity index (χ4v) is 3.20. The van der Waals surface area contributed by atoms with Gasteiger partial charge in [-0.25, -0.2) is 14.4 Å². The minimum atomic E-state index is -0.282. The summed E-state index contributed by atoms with van der Waals surface area (Å²) in [5, 5.41) is 9.28. The Morgan fingerprint density at radius 2 is 1.80 bits per heavy atom. The molecule has 0 aliphatic rings. The van der Waals surface area contributed by atoms with Crippen LogP contribution in [-0.2, 0) is 6.42 Å². The molecule has 30 heavy (non-hydrogen) atoms. The molecule has 1 N–H and O–H groups in total. The van der Waals surface area contributed by atoms with Gasteiger partial charge in [0.2, 0.25) is 0 Å². The van der Waals surface area contributed by atoms with E-state index >= 15 is 0 Å². The van der Waals surface area contributed by atoms with Gasteiger partial charge in [0.05, 0.1) is 6.10 Å². The van der Waals surface area contributed by atoms with E-state index in [1.165, 1.54) is 6.07 Å². The van der Waals surface area contributed by atoms with Crippen LogP contribution in [0.5, 0.6) is 0 Å². The molecule has 3 nitrogen and oxygen atoms in total. The Morgan fingerprint density at radius 1 is 1.07 bits per heavy atom. The van der Waals surface area contributed by atoms with E-state index in [0.717, 1.165) is 36.0 Å². The quantitative estimate of drug-likeness (QED) is 0.340. The number of nitrogens with zero attached hydrogens (tertiary/aromatic N) is 2. The largest absolute Gasteiger partial charge is 0.393 e. The van der Waals surface area contributed by atoms with E-state index in [-0.39, 0.29) is 11.9 Å². The highest BCUT2D eigenvalue weighted by Gasteiger charge is 2.08. The van der Waals surface area contributed by atoms with Crippen LogP contribution < -0.4 is 0 Å². The summed E-state index contributed by atoms with van der Waals surface area (Å²) in [6.45, 7) is 5.50. The van der Waals surface area contributed by atoms with E-state index in [9.17, 15) is 9.50 Å². The Balaban J connectivity index is 1.66. The molecular formula is C26H27FN2O. The van der Waals surface area contributed by atoms with Crippen LogP contribution in [0.4, 0.5) is 4.39 Å². The Morgan fingerprint density at radius 3 is 2.43 bits per heavy atom. The van der Waals surface area contributed by atoms with Crippen molar-refractivity contribution < 1.29 is 9.50 Å². The van der Waals surface area contributed by atoms with Gasteiger partial charge in [-0.05, 0) is 49.8 Å². The molecule has 2 aromatic carbocycles. The third-order valence-electron chi connectivity index (χ3n) is 4.85. The minimum Gasteiger partial charge on any atom is -0.393 e. The van der Waals surface area contributed by atoms with Crippen LogP contribution in [-0.4, -0.2) is 21.2 Å². The molecule has 0 amide bonds. The van der Waals surface area contributed by atoms with Crippen LogP contribution in [0.15, 0.2) is 73.6 Å². The number of rotatable bonds is 9. The molecule has 154 valence electrons. The second kappa shape index (κ2) is 10.6. The van der Waals surface area contributed by atoms with Gasteiger partial charge in [-0.1, -0.05) is 54.6 Å². The fraction of sp³-hybridized carbons (Fsp3) is 0.231. The average molecular weight is 403 g/mol. The van der Waals surface area contributed by atoms with Crippen molar-refractivity contribution in [2.24, 2.45) is 0 Å². The van der Waals surface area contributed by atoms with Gasteiger partial charge in [0, 0.05) is 29.1 Å². The predicted molar refractivity (Wildman–Crippen MR) is 121 cm³/mol. The van der Waals surface area contributed by atoms with Crippen LogP contribution in [0, 0.1) is 5.82 Å². The number of aromatic nitrogens is 2. The summed E-state index contributed by atoms with van der Waals surface area (Å²) in [5.74, 6) is 0.324. The molecule has 0 fully saturated rings. The zero-order valence-electron chi connectivity index (χ0n) is 17.3. The van der Waals surface area contributed by atoms with Crippen LogP contribution in [0.3, 0.4) is 0 Å². The van der Waals surface area contributed by atoms with E-state index in [4.69, 9.17) is 0 Å². The summed E-state index contributed by atoms with van der Waals surface area (Å²) < 4.78 is 14.4. The van der Waals surface area contributed by atoms with Crippen molar-refractivity contribution in [2.75, 3.05) is 0 Å². The molecule has 0 saturated carbocycles. The highest BCUT2D eigenvalue weighted by Crippen LogP contribution is 2.24. The number of hydrogen-bond acceptors (Lipinski definition) is 3. The highest BCUT2D eigenvalue weighted by atomic mass is 19.1. The maximum absolute atomic E-state index is 14.4. The zero-order chi connectivity index (χ0) is 21.3. The third kappa shape index (κ3) is 5.94. The first-order valence-electron chi connectivity index (χ1n) is 10.2. The number of aliphatic hydroxyl groups is 1. The number of hydrogen-bond donors (Lipinski definition) is 1. The average Bonchev–Trinajstić information content (AvgIpc) is 2.74. The predicted octanol–water partition coefficient (Wildman–Crippen LogP) is 6.24. The summed E-state index contributed by atoms with van der Waals surface area (Å²) in [7, 11) is 0. The van der Waals surface area contributed by atoms with Gasteiger partial charge >= 0.3 is 0 Å². The van der Waals surface area contributed by atoms with Gasteiger partial charge in [0.1, 0.15) is 5.82 Å². The van der Waals surface area contributed by atoms with Crippen molar-refractivity contribution in [3.05, 3.63) is 90.5 Å². The first-order chi connectivity index (χ1) is 14.6. The van der Waals surface area contributed by atoms with Crippen LogP contribution in [0.1, 0.15) is 37.3 Å². The minimum absolute atomic E-state index is 0.239. The lowest BCUT2D eigenvalue weighted by atomic mass is 10.0. The third-order valence-corrected chi connectivity index (χ3v) is 4.85. The summed E-state index contributed by atoms with van der Waals surface area (Å²) in [5.41, 5.74) is 4.05. The Bertz CT molecular complexity index is 993. The summed E-state index contributed by atoms with van der Waals surface area (Å²) in [6, 6.07) is 13.2. The molecule has 0 radical (unpaired) electrons. The van der Waals surface area contributed by atoms with Crippen molar-refractivity contribution in [1.82, 2.24) is 9.97 Å². The summed E-state index contributed by atoms with van der Waals surface area (Å²) >= 11 is 0. The molecule has 0 saturated heterocycles. The lowest BCUT2D eigenvalue weighted by Crippen LogP contribution is -1.97. The molecule has 0 bridgehead atoms. The molecule has 1 unspecified atom stereocenters. The second-order valence-corrected chi connectivity index (χ2v) is 7.41. The number of halogens is 1. The Hall–Kier alpha value is -3.11. The molecule has 3 aromatic rings. The first-order valence-corrected chi connectivity index (χ1v) is 10.2. The van der Waals surface area contributed by atoms with Crippen molar-refractivity contribution in [3.63, 3.8) is 0 Å². The number of aliphatic hydroxyl groups excluding tert-OH is 1. The zero-order valence-corrected chi connectivity index (χ0v) is 17.3. The molecule has 1 atom stereocenters. The molecular weight excluding hydrogens is 375 g/mol. The fourth-order valence-electron chi connectivity index (χ4n) is 3.20. The lowest BCUT2D eigenvalue weighted by Gasteiger charge is -2.06. The monoisotopic (exact) mass is 402 g/mol. The first kappa shape index (κ1) is 21.6. The Kier molecular flexibility index (Phi) is 7.63. The lowest BCUT2D eigenvalue weighted by molar-refractivity contribution is 0.182. The molecule has 1 aromatic heterocycles. The van der Waals surface area contributed by atoms with Gasteiger partial charge in [-0.3, -0.25) is 0 Å². The van der Waals surface area contributed by atoms with Crippen LogP contribution in [0.2, 0.25) is 0 Å². The maximum atomic E-state index is 14.4. The van der Waals surface area contributed by atoms with E-state index in [1.54, 1.807) is 24.5 Å². The van der Waals surface area contributed by atoms with Crippen molar-refractivity contribution >= 4 is 6.08 Å². The molecule has 0 aliphatic carbocycles.